The maximum atomic E-state index is 9.94. The molecular formula is C14H24N2O. The van der Waals surface area contributed by atoms with Crippen LogP contribution in [0.15, 0.2) is 30.3 Å². The van der Waals surface area contributed by atoms with Crippen LogP contribution in [0, 0.1) is 0 Å². The maximum Gasteiger partial charge on any atom is 0.0818 e. The minimum Gasteiger partial charge on any atom is -0.390 e. The lowest BCUT2D eigenvalue weighted by Crippen LogP contribution is -2.45. The highest BCUT2D eigenvalue weighted by Crippen LogP contribution is 2.04. The Kier molecular flexibility index (Phi) is 6.19. The molecule has 17 heavy (non-hydrogen) atoms. The Bertz CT molecular complexity index is 302. The van der Waals surface area contributed by atoms with Crippen molar-refractivity contribution in [1.29, 1.82) is 0 Å². The zero-order chi connectivity index (χ0) is 12.7. The molecule has 0 aromatic heterocycles. The molecule has 1 aromatic rings. The van der Waals surface area contributed by atoms with E-state index in [9.17, 15) is 5.11 Å². The van der Waals surface area contributed by atoms with Crippen molar-refractivity contribution in [2.75, 3.05) is 6.54 Å². The summed E-state index contributed by atoms with van der Waals surface area (Å²) in [6, 6.07) is 10.2. The van der Waals surface area contributed by atoms with Crippen LogP contribution < -0.4 is 11.1 Å². The van der Waals surface area contributed by atoms with Crippen molar-refractivity contribution in [3.05, 3.63) is 35.9 Å². The standard InChI is InChI=1S/C14H24N2O/c1-3-11(2)16-10-14(17)13(15)9-12-7-5-4-6-8-12/h4-8,11,13-14,16-17H,3,9-10,15H2,1-2H3. The molecule has 1 rings (SSSR count). The second kappa shape index (κ2) is 7.43. The second-order valence-corrected chi connectivity index (χ2v) is 4.64. The fourth-order valence-corrected chi connectivity index (χ4v) is 1.64. The first-order chi connectivity index (χ1) is 8.13. The van der Waals surface area contributed by atoms with E-state index in [2.05, 4.69) is 19.2 Å². The highest BCUT2D eigenvalue weighted by atomic mass is 16.3. The van der Waals surface area contributed by atoms with Gasteiger partial charge in [0, 0.05) is 18.6 Å². The van der Waals surface area contributed by atoms with Crippen molar-refractivity contribution < 1.29 is 5.11 Å². The summed E-state index contributed by atoms with van der Waals surface area (Å²) in [5, 5.41) is 13.2. The first-order valence-corrected chi connectivity index (χ1v) is 6.34. The van der Waals surface area contributed by atoms with E-state index >= 15 is 0 Å². The Balaban J connectivity index is 2.34. The van der Waals surface area contributed by atoms with E-state index in [-0.39, 0.29) is 6.04 Å². The molecule has 3 nitrogen and oxygen atoms in total. The summed E-state index contributed by atoms with van der Waals surface area (Å²) in [6.07, 6.45) is 1.27. The number of benzene rings is 1. The Morgan fingerprint density at radius 1 is 1.29 bits per heavy atom. The molecule has 0 saturated carbocycles. The smallest absolute Gasteiger partial charge is 0.0818 e. The zero-order valence-electron chi connectivity index (χ0n) is 10.8. The Morgan fingerprint density at radius 3 is 2.53 bits per heavy atom. The highest BCUT2D eigenvalue weighted by molar-refractivity contribution is 5.16. The maximum absolute atomic E-state index is 9.94. The number of nitrogens with one attached hydrogen (secondary N) is 1. The van der Waals surface area contributed by atoms with Crippen molar-refractivity contribution in [1.82, 2.24) is 5.32 Å². The average Bonchev–Trinajstić information content (AvgIpc) is 2.36. The third-order valence-corrected chi connectivity index (χ3v) is 3.10. The van der Waals surface area contributed by atoms with E-state index < -0.39 is 6.10 Å². The van der Waals surface area contributed by atoms with Gasteiger partial charge in [0.15, 0.2) is 0 Å². The van der Waals surface area contributed by atoms with Crippen LogP contribution in [-0.4, -0.2) is 29.8 Å². The van der Waals surface area contributed by atoms with Gasteiger partial charge in [0.25, 0.3) is 0 Å². The summed E-state index contributed by atoms with van der Waals surface area (Å²) in [5.41, 5.74) is 7.16. The second-order valence-electron chi connectivity index (χ2n) is 4.64. The molecule has 3 unspecified atom stereocenters. The normalized spacial score (nSPS) is 16.5. The van der Waals surface area contributed by atoms with Gasteiger partial charge in [-0.3, -0.25) is 0 Å². The lowest BCUT2D eigenvalue weighted by Gasteiger charge is -2.21. The van der Waals surface area contributed by atoms with Crippen LogP contribution in [0.3, 0.4) is 0 Å². The molecule has 0 aliphatic heterocycles. The number of nitrogens with two attached hydrogens (primary N) is 1. The molecule has 0 heterocycles. The topological polar surface area (TPSA) is 58.3 Å². The number of rotatable bonds is 7. The van der Waals surface area contributed by atoms with E-state index in [1.807, 2.05) is 30.3 Å². The lowest BCUT2D eigenvalue weighted by molar-refractivity contribution is 0.138. The predicted molar refractivity (Wildman–Crippen MR) is 71.9 cm³/mol. The van der Waals surface area contributed by atoms with Gasteiger partial charge < -0.3 is 16.2 Å². The molecule has 1 aromatic carbocycles. The summed E-state index contributed by atoms with van der Waals surface area (Å²) in [4.78, 5) is 0. The van der Waals surface area contributed by atoms with E-state index in [1.165, 1.54) is 5.56 Å². The summed E-state index contributed by atoms with van der Waals surface area (Å²) in [5.74, 6) is 0. The molecule has 0 radical (unpaired) electrons. The van der Waals surface area contributed by atoms with E-state index in [0.717, 1.165) is 6.42 Å². The van der Waals surface area contributed by atoms with Crippen molar-refractivity contribution >= 4 is 0 Å². The van der Waals surface area contributed by atoms with E-state index in [0.29, 0.717) is 19.0 Å². The minimum atomic E-state index is -0.496. The predicted octanol–water partition coefficient (Wildman–Crippen LogP) is 1.31. The molecule has 0 aliphatic carbocycles. The van der Waals surface area contributed by atoms with Gasteiger partial charge in [0.2, 0.25) is 0 Å². The number of aliphatic hydroxyl groups is 1. The molecule has 3 heteroatoms. The van der Waals surface area contributed by atoms with Crippen LogP contribution >= 0.6 is 0 Å². The largest absolute Gasteiger partial charge is 0.390 e. The Hall–Kier alpha value is -0.900. The molecule has 96 valence electrons. The lowest BCUT2D eigenvalue weighted by atomic mass is 10.0. The number of hydrogen-bond donors (Lipinski definition) is 3. The summed E-state index contributed by atoms with van der Waals surface area (Å²) in [6.45, 7) is 4.78. The molecule has 3 atom stereocenters. The van der Waals surface area contributed by atoms with Crippen LogP contribution in [0.4, 0.5) is 0 Å². The van der Waals surface area contributed by atoms with E-state index in [1.54, 1.807) is 0 Å². The summed E-state index contributed by atoms with van der Waals surface area (Å²) in [7, 11) is 0. The van der Waals surface area contributed by atoms with Gasteiger partial charge in [0.05, 0.1) is 6.10 Å². The molecular weight excluding hydrogens is 212 g/mol. The average molecular weight is 236 g/mol. The van der Waals surface area contributed by atoms with Gasteiger partial charge in [-0.25, -0.2) is 0 Å². The molecule has 0 bridgehead atoms. The van der Waals surface area contributed by atoms with Crippen LogP contribution in [-0.2, 0) is 6.42 Å². The van der Waals surface area contributed by atoms with E-state index in [4.69, 9.17) is 5.73 Å². The molecule has 0 spiro atoms. The van der Waals surface area contributed by atoms with Crippen LogP contribution in [0.2, 0.25) is 0 Å². The summed E-state index contributed by atoms with van der Waals surface area (Å²) >= 11 is 0. The molecule has 0 aliphatic rings. The van der Waals surface area contributed by atoms with Crippen molar-refractivity contribution in [2.24, 2.45) is 5.73 Å². The van der Waals surface area contributed by atoms with Gasteiger partial charge in [-0.1, -0.05) is 37.3 Å². The van der Waals surface area contributed by atoms with Gasteiger partial charge in [-0.05, 0) is 25.3 Å². The van der Waals surface area contributed by atoms with Crippen LogP contribution in [0.5, 0.6) is 0 Å². The minimum absolute atomic E-state index is 0.214. The first-order valence-electron chi connectivity index (χ1n) is 6.34. The monoisotopic (exact) mass is 236 g/mol. The number of aliphatic hydroxyl groups excluding tert-OH is 1. The van der Waals surface area contributed by atoms with Crippen molar-refractivity contribution in [2.45, 2.75) is 44.9 Å². The van der Waals surface area contributed by atoms with Gasteiger partial charge in [-0.2, -0.15) is 0 Å². The third-order valence-electron chi connectivity index (χ3n) is 3.10. The fourth-order valence-electron chi connectivity index (χ4n) is 1.64. The molecule has 0 saturated heterocycles. The van der Waals surface area contributed by atoms with Gasteiger partial charge in [-0.15, -0.1) is 0 Å². The highest BCUT2D eigenvalue weighted by Gasteiger charge is 2.15. The third kappa shape index (κ3) is 5.31. The van der Waals surface area contributed by atoms with Crippen LogP contribution in [0.25, 0.3) is 0 Å². The first kappa shape index (κ1) is 14.2. The zero-order valence-corrected chi connectivity index (χ0v) is 10.8. The quantitative estimate of drug-likeness (QED) is 0.669. The summed E-state index contributed by atoms with van der Waals surface area (Å²) < 4.78 is 0. The van der Waals surface area contributed by atoms with Crippen LogP contribution in [0.1, 0.15) is 25.8 Å². The number of hydrogen-bond acceptors (Lipinski definition) is 3. The fraction of sp³-hybridized carbons (Fsp3) is 0.571. The van der Waals surface area contributed by atoms with Gasteiger partial charge in [0.1, 0.15) is 0 Å². The molecule has 0 amide bonds. The SMILES string of the molecule is CCC(C)NCC(O)C(N)Cc1ccccc1. The van der Waals surface area contributed by atoms with Gasteiger partial charge >= 0.3 is 0 Å². The molecule has 0 fully saturated rings. The Morgan fingerprint density at radius 2 is 1.94 bits per heavy atom. The van der Waals surface area contributed by atoms with Crippen molar-refractivity contribution in [3.8, 4) is 0 Å². The Labute approximate surface area is 104 Å². The molecule has 4 N–H and O–H groups in total. The van der Waals surface area contributed by atoms with Crippen molar-refractivity contribution in [3.63, 3.8) is 0 Å².